The van der Waals surface area contributed by atoms with Crippen molar-refractivity contribution in [1.29, 1.82) is 0 Å². The molecule has 1 atom stereocenters. The minimum absolute atomic E-state index is 0.436. The summed E-state index contributed by atoms with van der Waals surface area (Å²) in [6.45, 7) is 5.88. The first-order valence-electron chi connectivity index (χ1n) is 7.31. The van der Waals surface area contributed by atoms with Crippen LogP contribution in [0.3, 0.4) is 0 Å². The number of fused-ring (bicyclic) bond motifs is 1. The van der Waals surface area contributed by atoms with E-state index in [1.165, 1.54) is 5.06 Å². The summed E-state index contributed by atoms with van der Waals surface area (Å²) in [5, 5.41) is 20.6. The third kappa shape index (κ3) is 2.61. The fourth-order valence-electron chi connectivity index (χ4n) is 2.45. The molecule has 1 aromatic heterocycles. The minimum Gasteiger partial charge on any atom is -0.311 e. The van der Waals surface area contributed by atoms with E-state index in [1.54, 1.807) is 4.68 Å². The molecule has 0 aliphatic carbocycles. The predicted molar refractivity (Wildman–Crippen MR) is 85.5 cm³/mol. The molecule has 0 aliphatic heterocycles. The van der Waals surface area contributed by atoms with Crippen LogP contribution in [0.5, 0.6) is 0 Å². The lowest BCUT2D eigenvalue weighted by Gasteiger charge is -2.36. The summed E-state index contributed by atoms with van der Waals surface area (Å²) in [6.07, 6.45) is -0.436. The van der Waals surface area contributed by atoms with Crippen LogP contribution >= 0.6 is 0 Å². The van der Waals surface area contributed by atoms with Crippen molar-refractivity contribution < 1.29 is 5.21 Å². The van der Waals surface area contributed by atoms with Crippen molar-refractivity contribution in [3.05, 3.63) is 60.2 Å². The molecule has 1 N–H and O–H groups in total. The van der Waals surface area contributed by atoms with Crippen molar-refractivity contribution in [1.82, 2.24) is 20.1 Å². The molecule has 0 fully saturated rings. The maximum atomic E-state index is 10.8. The number of hydrogen-bond donors (Lipinski definition) is 1. The zero-order valence-corrected chi connectivity index (χ0v) is 13.0. The minimum atomic E-state index is -0.437. The fourth-order valence-corrected chi connectivity index (χ4v) is 2.45. The molecule has 0 bridgehead atoms. The van der Waals surface area contributed by atoms with Crippen LogP contribution in [0.1, 0.15) is 32.5 Å². The Labute approximate surface area is 129 Å². The predicted octanol–water partition coefficient (Wildman–Crippen LogP) is 3.47. The lowest BCUT2D eigenvalue weighted by Crippen LogP contribution is -2.44. The topological polar surface area (TPSA) is 54.2 Å². The zero-order chi connectivity index (χ0) is 15.7. The lowest BCUT2D eigenvalue weighted by molar-refractivity contribution is -0.198. The zero-order valence-electron chi connectivity index (χ0n) is 13.0. The average molecular weight is 296 g/mol. The maximum Gasteiger partial charge on any atom is 0.155 e. The van der Waals surface area contributed by atoms with E-state index >= 15 is 0 Å². The van der Waals surface area contributed by atoms with Crippen LogP contribution in [0, 0.1) is 0 Å². The van der Waals surface area contributed by atoms with Crippen LogP contribution in [-0.2, 0) is 0 Å². The number of nitrogens with zero attached hydrogens (tertiary/aromatic N) is 4. The molecule has 0 amide bonds. The number of hydroxylamine groups is 2. The van der Waals surface area contributed by atoms with Gasteiger partial charge in [-0.3, -0.25) is 0 Å². The van der Waals surface area contributed by atoms with E-state index in [4.69, 9.17) is 0 Å². The summed E-state index contributed by atoms with van der Waals surface area (Å²) in [5.74, 6) is 0. The summed E-state index contributed by atoms with van der Waals surface area (Å²) in [5.41, 5.74) is 2.22. The molecule has 3 aromatic rings. The molecular formula is C17H20N4O. The molecule has 5 nitrogen and oxygen atoms in total. The maximum absolute atomic E-state index is 10.8. The Morgan fingerprint density at radius 2 is 1.64 bits per heavy atom. The first-order chi connectivity index (χ1) is 10.5. The highest BCUT2D eigenvalue weighted by Gasteiger charge is 2.31. The smallest absolute Gasteiger partial charge is 0.155 e. The van der Waals surface area contributed by atoms with Gasteiger partial charge < -0.3 is 5.21 Å². The Morgan fingerprint density at radius 1 is 1.00 bits per heavy atom. The second-order valence-electron chi connectivity index (χ2n) is 6.32. The molecular weight excluding hydrogens is 276 g/mol. The first kappa shape index (κ1) is 14.7. The van der Waals surface area contributed by atoms with E-state index in [0.717, 1.165) is 16.6 Å². The van der Waals surface area contributed by atoms with Gasteiger partial charge in [-0.05, 0) is 38.5 Å². The van der Waals surface area contributed by atoms with E-state index < -0.39 is 11.7 Å². The molecule has 22 heavy (non-hydrogen) atoms. The summed E-state index contributed by atoms with van der Waals surface area (Å²) in [7, 11) is 0. The standard InChI is InChI=1S/C17H20N4O/c1-17(2,3)21(22)16(13-9-5-4-6-10-13)20-15-12-8-7-11-14(15)18-19-20/h4-12,16,22H,1-3H3. The van der Waals surface area contributed by atoms with Gasteiger partial charge in [0.1, 0.15) is 5.52 Å². The highest BCUT2D eigenvalue weighted by Crippen LogP contribution is 2.29. The van der Waals surface area contributed by atoms with Gasteiger partial charge in [-0.1, -0.05) is 47.7 Å². The molecule has 3 rings (SSSR count). The summed E-state index contributed by atoms with van der Waals surface area (Å²) < 4.78 is 1.76. The van der Waals surface area contributed by atoms with Crippen LogP contribution in [0.15, 0.2) is 54.6 Å². The highest BCUT2D eigenvalue weighted by atomic mass is 16.5. The first-order valence-corrected chi connectivity index (χ1v) is 7.31. The Hall–Kier alpha value is -2.24. The largest absolute Gasteiger partial charge is 0.311 e. The molecule has 0 spiro atoms. The van der Waals surface area contributed by atoms with Crippen LogP contribution < -0.4 is 0 Å². The van der Waals surface area contributed by atoms with Crippen molar-refractivity contribution in [2.45, 2.75) is 32.5 Å². The summed E-state index contributed by atoms with van der Waals surface area (Å²) in [4.78, 5) is 0. The molecule has 0 saturated carbocycles. The molecule has 1 heterocycles. The van der Waals surface area contributed by atoms with Gasteiger partial charge >= 0.3 is 0 Å². The van der Waals surface area contributed by atoms with Crippen molar-refractivity contribution in [3.8, 4) is 0 Å². The van der Waals surface area contributed by atoms with Crippen molar-refractivity contribution >= 4 is 11.0 Å². The second-order valence-corrected chi connectivity index (χ2v) is 6.32. The van der Waals surface area contributed by atoms with Crippen molar-refractivity contribution in [2.75, 3.05) is 0 Å². The third-order valence-electron chi connectivity index (χ3n) is 3.63. The van der Waals surface area contributed by atoms with Gasteiger partial charge in [-0.2, -0.15) is 5.06 Å². The number of benzene rings is 2. The third-order valence-corrected chi connectivity index (χ3v) is 3.63. The fraction of sp³-hybridized carbons (Fsp3) is 0.294. The Balaban J connectivity index is 2.17. The molecule has 2 aromatic carbocycles. The number of rotatable bonds is 3. The van der Waals surface area contributed by atoms with Gasteiger partial charge in [-0.15, -0.1) is 5.10 Å². The van der Waals surface area contributed by atoms with Gasteiger partial charge in [0, 0.05) is 5.54 Å². The van der Waals surface area contributed by atoms with Crippen LogP contribution in [-0.4, -0.2) is 30.8 Å². The summed E-state index contributed by atoms with van der Waals surface area (Å²) in [6, 6.07) is 17.6. The number of para-hydroxylation sites is 1. The van der Waals surface area contributed by atoms with Crippen LogP contribution in [0.4, 0.5) is 0 Å². The molecule has 5 heteroatoms. The average Bonchev–Trinajstić information content (AvgIpc) is 2.92. The van der Waals surface area contributed by atoms with Gasteiger partial charge in [0.25, 0.3) is 0 Å². The van der Waals surface area contributed by atoms with Crippen LogP contribution in [0.2, 0.25) is 0 Å². The molecule has 1 unspecified atom stereocenters. The van der Waals surface area contributed by atoms with E-state index in [1.807, 2.05) is 75.4 Å². The highest BCUT2D eigenvalue weighted by molar-refractivity contribution is 5.74. The Kier molecular flexibility index (Phi) is 3.68. The van der Waals surface area contributed by atoms with Gasteiger partial charge in [0.2, 0.25) is 0 Å². The van der Waals surface area contributed by atoms with Crippen molar-refractivity contribution in [2.24, 2.45) is 0 Å². The molecule has 0 aliphatic rings. The van der Waals surface area contributed by atoms with E-state index in [0.29, 0.717) is 0 Å². The van der Waals surface area contributed by atoms with Gasteiger partial charge in [0.05, 0.1) is 5.52 Å². The SMILES string of the molecule is CC(C)(C)N(O)C(c1ccccc1)n1nnc2ccccc21. The summed E-state index contributed by atoms with van der Waals surface area (Å²) >= 11 is 0. The normalized spacial score (nSPS) is 13.7. The van der Waals surface area contributed by atoms with Crippen LogP contribution in [0.25, 0.3) is 11.0 Å². The number of aromatic nitrogens is 3. The molecule has 0 saturated heterocycles. The second kappa shape index (κ2) is 5.51. The van der Waals surface area contributed by atoms with E-state index in [9.17, 15) is 5.21 Å². The Bertz CT molecular complexity index is 761. The van der Waals surface area contributed by atoms with Gasteiger partial charge in [-0.25, -0.2) is 4.68 Å². The molecule has 114 valence electrons. The number of hydrogen-bond acceptors (Lipinski definition) is 4. The monoisotopic (exact) mass is 296 g/mol. The Morgan fingerprint density at radius 3 is 2.32 bits per heavy atom. The molecule has 0 radical (unpaired) electrons. The van der Waals surface area contributed by atoms with E-state index in [-0.39, 0.29) is 0 Å². The quantitative estimate of drug-likeness (QED) is 0.752. The van der Waals surface area contributed by atoms with Gasteiger partial charge in [0.15, 0.2) is 6.17 Å². The van der Waals surface area contributed by atoms with Crippen molar-refractivity contribution in [3.63, 3.8) is 0 Å². The lowest BCUT2D eigenvalue weighted by atomic mass is 10.1. The van der Waals surface area contributed by atoms with E-state index in [2.05, 4.69) is 10.3 Å².